The van der Waals surface area contributed by atoms with Gasteiger partial charge in [0.2, 0.25) is 10.0 Å². The van der Waals surface area contributed by atoms with Crippen LogP contribution in [0, 0.1) is 11.8 Å². The van der Waals surface area contributed by atoms with Gasteiger partial charge in [0.25, 0.3) is 0 Å². The van der Waals surface area contributed by atoms with E-state index in [2.05, 4.69) is 16.6 Å². The van der Waals surface area contributed by atoms with Crippen molar-refractivity contribution in [3.63, 3.8) is 0 Å². The highest BCUT2D eigenvalue weighted by Crippen LogP contribution is 2.31. The third kappa shape index (κ3) is 7.23. The number of sulfonamides is 1. The zero-order valence-corrected chi connectivity index (χ0v) is 23.4. The molecule has 1 aromatic heterocycles. The van der Waals surface area contributed by atoms with Gasteiger partial charge in [0.15, 0.2) is 0 Å². The molecule has 42 heavy (non-hydrogen) atoms. The molecule has 0 aliphatic carbocycles. The molecule has 2 N–H and O–H groups in total. The molecule has 1 atom stereocenters. The molecule has 8 nitrogen and oxygen atoms in total. The molecule has 0 radical (unpaired) electrons. The summed E-state index contributed by atoms with van der Waals surface area (Å²) in [6, 6.07) is 13.9. The topological polar surface area (TPSA) is 107 Å². The maximum Gasteiger partial charge on any atom is 0.416 e. The van der Waals surface area contributed by atoms with Crippen LogP contribution < -0.4 is 14.2 Å². The van der Waals surface area contributed by atoms with Crippen molar-refractivity contribution >= 4 is 26.9 Å². The lowest BCUT2D eigenvalue weighted by atomic mass is 10.1. The van der Waals surface area contributed by atoms with E-state index in [1.165, 1.54) is 43.5 Å². The van der Waals surface area contributed by atoms with Gasteiger partial charge in [0.1, 0.15) is 24.1 Å². The number of aromatic nitrogens is 1. The first-order chi connectivity index (χ1) is 19.9. The molecule has 0 bridgehead atoms. The molecule has 220 valence electrons. The number of nitrogens with zero attached hydrogens (tertiary/aromatic N) is 1. The van der Waals surface area contributed by atoms with E-state index in [-0.39, 0.29) is 24.5 Å². The molecular weight excluding hydrogens is 573 g/mol. The first-order valence-electron chi connectivity index (χ1n) is 12.6. The number of rotatable bonds is 11. The lowest BCUT2D eigenvalue weighted by Gasteiger charge is -2.15. The Bertz CT molecular complexity index is 1740. The molecule has 0 aliphatic heterocycles. The second-order valence-electron chi connectivity index (χ2n) is 9.26. The monoisotopic (exact) mass is 600 g/mol. The highest BCUT2D eigenvalue weighted by atomic mass is 32.2. The number of carbonyl (C=O) groups is 1. The number of carboxylic acids is 1. The Morgan fingerprint density at radius 1 is 1.05 bits per heavy atom. The van der Waals surface area contributed by atoms with Gasteiger partial charge in [-0.3, -0.25) is 4.79 Å². The Kier molecular flexibility index (Phi) is 9.14. The number of hydrogen-bond acceptors (Lipinski definition) is 5. The van der Waals surface area contributed by atoms with Crippen molar-refractivity contribution in [3.05, 3.63) is 89.6 Å². The van der Waals surface area contributed by atoms with E-state index in [0.29, 0.717) is 33.5 Å². The molecule has 0 spiro atoms. The van der Waals surface area contributed by atoms with E-state index in [1.807, 2.05) is 0 Å². The smallest absolute Gasteiger partial charge is 0.416 e. The van der Waals surface area contributed by atoms with E-state index in [1.54, 1.807) is 35.9 Å². The summed E-state index contributed by atoms with van der Waals surface area (Å²) >= 11 is 0. The van der Waals surface area contributed by atoms with Crippen LogP contribution in [-0.2, 0) is 34.0 Å². The zero-order chi connectivity index (χ0) is 30.5. The first kappa shape index (κ1) is 30.5. The van der Waals surface area contributed by atoms with Crippen LogP contribution in [0.2, 0.25) is 0 Å². The fourth-order valence-corrected chi connectivity index (χ4v) is 5.52. The van der Waals surface area contributed by atoms with Crippen LogP contribution in [0.4, 0.5) is 13.2 Å². The van der Waals surface area contributed by atoms with E-state index < -0.39 is 33.8 Å². The summed E-state index contributed by atoms with van der Waals surface area (Å²) in [6.45, 7) is 2.00. The maximum atomic E-state index is 13.1. The molecule has 12 heteroatoms. The number of aliphatic carboxylic acids is 1. The SMILES string of the molecule is CC#CCOc1ccc(S(=O)(=O)N[C@@H](Cc2cn(Cc3ccc(C(F)(F)F)cc3)c3ccc(OC)cc23)C(=O)O)cc1. The van der Waals surface area contributed by atoms with Crippen molar-refractivity contribution in [2.24, 2.45) is 0 Å². The molecule has 0 unspecified atom stereocenters. The number of nitrogens with one attached hydrogen (secondary N) is 1. The number of ether oxygens (including phenoxy) is 2. The Morgan fingerprint density at radius 3 is 2.31 bits per heavy atom. The minimum Gasteiger partial charge on any atom is -0.497 e. The van der Waals surface area contributed by atoms with E-state index in [9.17, 15) is 31.5 Å². The highest BCUT2D eigenvalue weighted by Gasteiger charge is 2.30. The number of methoxy groups -OCH3 is 1. The van der Waals surface area contributed by atoms with Crippen molar-refractivity contribution in [2.45, 2.75) is 37.0 Å². The molecule has 0 saturated heterocycles. The Labute approximate surface area is 240 Å². The summed E-state index contributed by atoms with van der Waals surface area (Å²) in [5.41, 5.74) is 0.998. The van der Waals surface area contributed by atoms with Crippen molar-refractivity contribution in [1.82, 2.24) is 9.29 Å². The van der Waals surface area contributed by atoms with Crippen molar-refractivity contribution in [3.8, 4) is 23.3 Å². The molecule has 0 amide bonds. The van der Waals surface area contributed by atoms with Gasteiger partial charge in [-0.1, -0.05) is 18.1 Å². The van der Waals surface area contributed by atoms with Crippen molar-refractivity contribution in [2.75, 3.05) is 13.7 Å². The number of halogens is 3. The normalized spacial score (nSPS) is 12.4. The first-order valence-corrected chi connectivity index (χ1v) is 14.1. The Balaban J connectivity index is 1.61. The van der Waals surface area contributed by atoms with E-state index in [4.69, 9.17) is 9.47 Å². The van der Waals surface area contributed by atoms with Crippen molar-refractivity contribution < 1.29 is 41.0 Å². The van der Waals surface area contributed by atoms with Gasteiger partial charge < -0.3 is 19.1 Å². The minimum atomic E-state index is -4.46. The van der Waals surface area contributed by atoms with Gasteiger partial charge in [-0.15, -0.1) is 5.92 Å². The van der Waals surface area contributed by atoms with Crippen LogP contribution in [0.15, 0.2) is 77.8 Å². The lowest BCUT2D eigenvalue weighted by Crippen LogP contribution is -2.42. The third-order valence-corrected chi connectivity index (χ3v) is 7.93. The van der Waals surface area contributed by atoms with Gasteiger partial charge in [0, 0.05) is 30.1 Å². The van der Waals surface area contributed by atoms with Crippen LogP contribution in [0.3, 0.4) is 0 Å². The number of benzene rings is 3. The van der Waals surface area contributed by atoms with Crippen LogP contribution in [-0.4, -0.2) is 43.8 Å². The summed E-state index contributed by atoms with van der Waals surface area (Å²) in [6.07, 6.45) is -3.01. The van der Waals surface area contributed by atoms with Gasteiger partial charge in [-0.25, -0.2) is 8.42 Å². The van der Waals surface area contributed by atoms with Crippen LogP contribution in [0.25, 0.3) is 10.9 Å². The zero-order valence-electron chi connectivity index (χ0n) is 22.6. The predicted octanol–water partition coefficient (Wildman–Crippen LogP) is 5.09. The lowest BCUT2D eigenvalue weighted by molar-refractivity contribution is -0.139. The number of carboxylic acid groups (broad SMARTS) is 1. The van der Waals surface area contributed by atoms with Gasteiger partial charge in [0.05, 0.1) is 17.6 Å². The predicted molar refractivity (Wildman–Crippen MR) is 150 cm³/mol. The molecule has 4 aromatic rings. The second kappa shape index (κ2) is 12.6. The molecule has 0 fully saturated rings. The third-order valence-electron chi connectivity index (χ3n) is 6.45. The van der Waals surface area contributed by atoms with E-state index in [0.717, 1.165) is 12.1 Å². The molecule has 0 saturated carbocycles. The Hall–Kier alpha value is -4.47. The van der Waals surface area contributed by atoms with Gasteiger partial charge in [-0.05, 0) is 72.6 Å². The summed E-state index contributed by atoms with van der Waals surface area (Å²) in [5.74, 6) is 4.92. The molecule has 3 aromatic carbocycles. The van der Waals surface area contributed by atoms with E-state index >= 15 is 0 Å². The molecule has 4 rings (SSSR count). The number of alkyl halides is 3. The molecular formula is C30H27F3N2O6S. The summed E-state index contributed by atoms with van der Waals surface area (Å²) in [7, 11) is -2.75. The minimum absolute atomic E-state index is 0.138. The highest BCUT2D eigenvalue weighted by molar-refractivity contribution is 7.89. The average molecular weight is 601 g/mol. The van der Waals surface area contributed by atoms with Crippen molar-refractivity contribution in [1.29, 1.82) is 0 Å². The quantitative estimate of drug-likeness (QED) is 0.232. The second-order valence-corrected chi connectivity index (χ2v) is 11.0. The van der Waals surface area contributed by atoms with Gasteiger partial charge >= 0.3 is 12.1 Å². The number of fused-ring (bicyclic) bond motifs is 1. The average Bonchev–Trinajstić information content (AvgIpc) is 3.28. The van der Waals surface area contributed by atoms with Crippen LogP contribution >= 0.6 is 0 Å². The van der Waals surface area contributed by atoms with Crippen LogP contribution in [0.5, 0.6) is 11.5 Å². The molecule has 0 aliphatic rings. The summed E-state index contributed by atoms with van der Waals surface area (Å²) < 4.78 is 79.9. The molecule has 1 heterocycles. The van der Waals surface area contributed by atoms with Crippen LogP contribution in [0.1, 0.15) is 23.6 Å². The maximum absolute atomic E-state index is 13.1. The van der Waals surface area contributed by atoms with Gasteiger partial charge in [-0.2, -0.15) is 17.9 Å². The fraction of sp³-hybridized carbons (Fsp3) is 0.233. The standard InChI is InChI=1S/C30H27F3N2O6S/c1-3-4-15-41-23-9-12-25(13-10-23)42(38,39)34-27(29(36)37)16-21-19-35(28-14-11-24(40-2)17-26(21)28)18-20-5-7-22(8-6-20)30(31,32)33/h5-14,17,19,27,34H,15-16,18H2,1-2H3,(H,36,37)/t27-/m0/s1. The summed E-state index contributed by atoms with van der Waals surface area (Å²) in [4.78, 5) is 12.1. The number of hydrogen-bond donors (Lipinski definition) is 2. The largest absolute Gasteiger partial charge is 0.497 e. The fourth-order valence-electron chi connectivity index (χ4n) is 4.33. The Morgan fingerprint density at radius 2 is 1.71 bits per heavy atom. The summed E-state index contributed by atoms with van der Waals surface area (Å²) in [5, 5.41) is 10.5.